The van der Waals surface area contributed by atoms with Gasteiger partial charge in [-0.05, 0) is 42.9 Å². The van der Waals surface area contributed by atoms with Crippen LogP contribution in [0.3, 0.4) is 0 Å². The minimum absolute atomic E-state index is 0.0550. The summed E-state index contributed by atoms with van der Waals surface area (Å²) in [6, 6.07) is 5.65. The van der Waals surface area contributed by atoms with E-state index in [2.05, 4.69) is 4.74 Å². The molecule has 33 heavy (non-hydrogen) atoms. The molecule has 2 amide bonds. The van der Waals surface area contributed by atoms with E-state index in [1.807, 2.05) is 26.1 Å². The molecule has 1 aromatic rings. The van der Waals surface area contributed by atoms with Crippen LogP contribution in [0.5, 0.6) is 0 Å². The van der Waals surface area contributed by atoms with E-state index in [0.29, 0.717) is 12.8 Å². The third-order valence-corrected chi connectivity index (χ3v) is 6.46. The number of esters is 1. The van der Waals surface area contributed by atoms with Crippen LogP contribution in [0.1, 0.15) is 69.3 Å². The molecule has 9 heteroatoms. The zero-order valence-electron chi connectivity index (χ0n) is 19.4. The number of hydrogen-bond acceptors (Lipinski definition) is 4. The van der Waals surface area contributed by atoms with Gasteiger partial charge in [0.2, 0.25) is 0 Å². The summed E-state index contributed by atoms with van der Waals surface area (Å²) in [6.45, 7) is 7.18. The number of amides is 2. The number of benzene rings is 1. The Labute approximate surface area is 191 Å². The van der Waals surface area contributed by atoms with Crippen molar-refractivity contribution in [2.45, 2.75) is 76.6 Å². The molecule has 2 aliphatic rings. The summed E-state index contributed by atoms with van der Waals surface area (Å²) in [4.78, 5) is 40.0. The van der Waals surface area contributed by atoms with Crippen molar-refractivity contribution in [2.75, 3.05) is 7.11 Å². The van der Waals surface area contributed by atoms with Gasteiger partial charge in [-0.2, -0.15) is 13.2 Å². The lowest BCUT2D eigenvalue weighted by Crippen LogP contribution is -2.66. The molecule has 6 nitrogen and oxygen atoms in total. The van der Waals surface area contributed by atoms with Crippen molar-refractivity contribution >= 4 is 17.8 Å². The number of nitrogens with zero attached hydrogens (tertiary/aromatic N) is 1. The fourth-order valence-corrected chi connectivity index (χ4v) is 4.65. The van der Waals surface area contributed by atoms with Crippen LogP contribution < -0.4 is 5.32 Å². The Morgan fingerprint density at radius 1 is 1.09 bits per heavy atom. The summed E-state index contributed by atoms with van der Waals surface area (Å²) in [6.07, 6.45) is -2.70. The molecule has 1 N–H and O–H groups in total. The zero-order valence-corrected chi connectivity index (χ0v) is 19.4. The van der Waals surface area contributed by atoms with Crippen molar-refractivity contribution in [3.63, 3.8) is 0 Å². The molecule has 1 fully saturated rings. The monoisotopic (exact) mass is 466 g/mol. The molecule has 1 aliphatic carbocycles. The van der Waals surface area contributed by atoms with Gasteiger partial charge in [0.05, 0.1) is 7.11 Å². The average Bonchev–Trinajstić information content (AvgIpc) is 3.32. The summed E-state index contributed by atoms with van der Waals surface area (Å²) in [5.74, 6) is -3.79. The molecule has 1 aromatic carbocycles. The number of rotatable bonds is 4. The van der Waals surface area contributed by atoms with Crippen LogP contribution in [0.25, 0.3) is 0 Å². The Balaban J connectivity index is 2.09. The Morgan fingerprint density at radius 3 is 2.09 bits per heavy atom. The van der Waals surface area contributed by atoms with Crippen LogP contribution >= 0.6 is 0 Å². The van der Waals surface area contributed by atoms with Crippen molar-refractivity contribution in [3.8, 4) is 0 Å². The minimum atomic E-state index is -5.27. The number of methoxy groups -OCH3 is 1. The topological polar surface area (TPSA) is 75.7 Å². The second-order valence-electron chi connectivity index (χ2n) is 9.59. The molecule has 0 saturated heterocycles. The van der Waals surface area contributed by atoms with Crippen LogP contribution in [0, 0.1) is 0 Å². The van der Waals surface area contributed by atoms with E-state index >= 15 is 0 Å². The van der Waals surface area contributed by atoms with Crippen molar-refractivity contribution in [2.24, 2.45) is 0 Å². The van der Waals surface area contributed by atoms with E-state index in [4.69, 9.17) is 0 Å². The van der Waals surface area contributed by atoms with Gasteiger partial charge in [-0.3, -0.25) is 9.59 Å². The smallest absolute Gasteiger partial charge is 0.425 e. The molecule has 0 bridgehead atoms. The molecule has 0 radical (unpaired) electrons. The van der Waals surface area contributed by atoms with Gasteiger partial charge in [-0.25, -0.2) is 4.79 Å². The van der Waals surface area contributed by atoms with Gasteiger partial charge >= 0.3 is 12.1 Å². The van der Waals surface area contributed by atoms with Gasteiger partial charge in [0, 0.05) is 17.3 Å². The summed E-state index contributed by atoms with van der Waals surface area (Å²) in [5.41, 5.74) is -3.94. The fraction of sp³-hybridized carbons (Fsp3) is 0.542. The van der Waals surface area contributed by atoms with Gasteiger partial charge in [0.1, 0.15) is 5.57 Å². The number of nitrogens with one attached hydrogen (secondary N) is 1. The molecule has 0 aromatic heterocycles. The Morgan fingerprint density at radius 2 is 1.64 bits per heavy atom. The van der Waals surface area contributed by atoms with E-state index in [-0.39, 0.29) is 16.7 Å². The molecular weight excluding hydrogens is 437 g/mol. The lowest BCUT2D eigenvalue weighted by molar-refractivity contribution is -0.192. The van der Waals surface area contributed by atoms with Crippen LogP contribution in [0.4, 0.5) is 13.2 Å². The second kappa shape index (κ2) is 8.50. The van der Waals surface area contributed by atoms with E-state index < -0.39 is 41.1 Å². The summed E-state index contributed by atoms with van der Waals surface area (Å²) in [7, 11) is 0.944. The molecule has 180 valence electrons. The zero-order chi connectivity index (χ0) is 24.8. The summed E-state index contributed by atoms with van der Waals surface area (Å²) in [5, 5.41) is 1.89. The Bertz CT molecular complexity index is 986. The highest BCUT2D eigenvalue weighted by Gasteiger charge is 2.71. The third-order valence-electron chi connectivity index (χ3n) is 6.46. The van der Waals surface area contributed by atoms with Crippen molar-refractivity contribution in [1.29, 1.82) is 0 Å². The third kappa shape index (κ3) is 4.13. The highest BCUT2D eigenvalue weighted by atomic mass is 19.4. The number of halogens is 3. The molecular formula is C24H29F3N2O4. The predicted octanol–water partition coefficient (Wildman–Crippen LogP) is 4.25. The molecule has 1 saturated carbocycles. The predicted molar refractivity (Wildman–Crippen MR) is 115 cm³/mol. The lowest BCUT2D eigenvalue weighted by atomic mass is 9.86. The van der Waals surface area contributed by atoms with Crippen LogP contribution in [-0.2, 0) is 19.7 Å². The highest BCUT2D eigenvalue weighted by molar-refractivity contribution is 6.11. The molecule has 1 heterocycles. The van der Waals surface area contributed by atoms with Gasteiger partial charge < -0.3 is 15.0 Å². The first kappa shape index (κ1) is 24.8. The number of carbonyl (C=O) groups is 3. The first-order valence-electron chi connectivity index (χ1n) is 10.9. The second-order valence-corrected chi connectivity index (χ2v) is 9.59. The summed E-state index contributed by atoms with van der Waals surface area (Å²) < 4.78 is 48.5. The number of alkyl halides is 3. The van der Waals surface area contributed by atoms with Crippen molar-refractivity contribution in [1.82, 2.24) is 10.2 Å². The lowest BCUT2D eigenvalue weighted by Gasteiger charge is -2.34. The number of allylic oxidation sites excluding steroid dienone is 1. The molecule has 0 unspecified atom stereocenters. The number of carbonyl (C=O) groups excluding carboxylic acids is 3. The molecule has 3 rings (SSSR count). The van der Waals surface area contributed by atoms with Crippen molar-refractivity contribution in [3.05, 3.63) is 46.7 Å². The summed E-state index contributed by atoms with van der Waals surface area (Å²) >= 11 is 0. The first-order chi connectivity index (χ1) is 15.3. The standard InChI is InChI=1S/C24H29F3N2O4/c1-14-18(20(31)33-5)23(24(25,26)27,21(32)29(14)17-8-6-7-9-17)28-19(30)15-10-12-16(13-11-15)22(2,3)4/h10-13,17H,6-9H2,1-5H3,(H,28,30)/t23-/m1/s1. The van der Waals surface area contributed by atoms with E-state index in [9.17, 15) is 27.6 Å². The van der Waals surface area contributed by atoms with Crippen molar-refractivity contribution < 1.29 is 32.3 Å². The molecule has 0 spiro atoms. The van der Waals surface area contributed by atoms with E-state index in [0.717, 1.165) is 30.4 Å². The maximum Gasteiger partial charge on any atom is 0.425 e. The number of hydrogen-bond donors (Lipinski definition) is 1. The number of ether oxygens (including phenoxy) is 1. The van der Waals surface area contributed by atoms with Crippen LogP contribution in [-0.4, -0.2) is 47.6 Å². The first-order valence-corrected chi connectivity index (χ1v) is 10.9. The Hall–Kier alpha value is -2.84. The SMILES string of the molecule is COC(=O)C1=C(C)N(C2CCCC2)C(=O)[C@@]1(NC(=O)c1ccc(C(C)(C)C)cc1)C(F)(F)F. The maximum absolute atomic E-state index is 14.6. The quantitative estimate of drug-likeness (QED) is 0.674. The van der Waals surface area contributed by atoms with E-state index in [1.165, 1.54) is 19.1 Å². The molecule has 1 atom stereocenters. The highest BCUT2D eigenvalue weighted by Crippen LogP contribution is 2.47. The van der Waals surface area contributed by atoms with E-state index in [1.54, 1.807) is 12.1 Å². The average molecular weight is 467 g/mol. The minimum Gasteiger partial charge on any atom is -0.466 e. The van der Waals surface area contributed by atoms with Gasteiger partial charge in [-0.15, -0.1) is 0 Å². The molecule has 1 aliphatic heterocycles. The van der Waals surface area contributed by atoms with Crippen LogP contribution in [0.2, 0.25) is 0 Å². The normalized spacial score (nSPS) is 22.2. The van der Waals surface area contributed by atoms with Gasteiger partial charge in [0.25, 0.3) is 17.4 Å². The van der Waals surface area contributed by atoms with Gasteiger partial charge in [-0.1, -0.05) is 45.7 Å². The van der Waals surface area contributed by atoms with Gasteiger partial charge in [0.15, 0.2) is 0 Å². The fourth-order valence-electron chi connectivity index (χ4n) is 4.65. The Kier molecular flexibility index (Phi) is 6.39. The van der Waals surface area contributed by atoms with Crippen LogP contribution in [0.15, 0.2) is 35.5 Å². The largest absolute Gasteiger partial charge is 0.466 e. The maximum atomic E-state index is 14.6.